The van der Waals surface area contributed by atoms with Crippen LogP contribution in [0.15, 0.2) is 36.4 Å². The van der Waals surface area contributed by atoms with Crippen LogP contribution < -0.4 is 10.6 Å². The van der Waals surface area contributed by atoms with E-state index in [-0.39, 0.29) is 51.2 Å². The number of amides is 2. The fourth-order valence-corrected chi connectivity index (χ4v) is 5.66. The quantitative estimate of drug-likeness (QED) is 0.413. The molecule has 2 aromatic carbocycles. The number of carbonyl (C=O) groups excluding carboxylic acids is 2. The Morgan fingerprint density at radius 1 is 0.889 bits per heavy atom. The second kappa shape index (κ2) is 10.0. The maximum atomic E-state index is 13.0. The first kappa shape index (κ1) is 26.8. The third-order valence-corrected chi connectivity index (χ3v) is 6.95. The second-order valence-electron chi connectivity index (χ2n) is 10.8. The van der Waals surface area contributed by atoms with Crippen molar-refractivity contribution >= 4 is 23.2 Å². The van der Waals surface area contributed by atoms with Crippen molar-refractivity contribution in [1.82, 2.24) is 10.6 Å². The van der Waals surface area contributed by atoms with Crippen molar-refractivity contribution in [2.24, 2.45) is 10.8 Å². The Hall–Kier alpha value is -3.82. The Morgan fingerprint density at radius 2 is 1.39 bits per heavy atom. The van der Waals surface area contributed by atoms with E-state index in [0.717, 1.165) is 12.8 Å². The lowest BCUT2D eigenvalue weighted by molar-refractivity contribution is -0.385. The highest BCUT2D eigenvalue weighted by Gasteiger charge is 2.42. The van der Waals surface area contributed by atoms with Gasteiger partial charge in [-0.2, -0.15) is 0 Å². The van der Waals surface area contributed by atoms with Crippen LogP contribution in [-0.2, 0) is 0 Å². The van der Waals surface area contributed by atoms with Gasteiger partial charge in [0.15, 0.2) is 0 Å². The maximum Gasteiger partial charge on any atom is 0.273 e. The highest BCUT2D eigenvalue weighted by molar-refractivity contribution is 5.97. The lowest BCUT2D eigenvalue weighted by Gasteiger charge is -2.47. The van der Waals surface area contributed by atoms with Crippen LogP contribution in [0.25, 0.3) is 0 Å². The SMILES string of the molecule is Cc1c(C(=O)NCC2(C)CC(NC(=O)c3cccc([N+](=O)[O-])c3C)CC(C)(C)C2)cccc1[N+](=O)[O-]. The molecule has 0 aromatic heterocycles. The number of nitrogens with one attached hydrogen (secondary N) is 2. The smallest absolute Gasteiger partial charge is 0.273 e. The molecule has 2 aromatic rings. The zero-order valence-electron chi connectivity index (χ0n) is 21.2. The second-order valence-corrected chi connectivity index (χ2v) is 10.8. The zero-order chi connectivity index (χ0) is 26.8. The minimum absolute atomic E-state index is 0.101. The number of hydrogen-bond donors (Lipinski definition) is 2. The third-order valence-electron chi connectivity index (χ3n) is 6.95. The van der Waals surface area contributed by atoms with E-state index in [4.69, 9.17) is 0 Å². The number of nitrogens with zero attached hydrogens (tertiary/aromatic N) is 2. The molecule has 1 saturated carbocycles. The van der Waals surface area contributed by atoms with Crippen LogP contribution in [0.4, 0.5) is 11.4 Å². The van der Waals surface area contributed by atoms with Gasteiger partial charge < -0.3 is 10.6 Å². The summed E-state index contributed by atoms with van der Waals surface area (Å²) in [5.41, 5.74) is 0.473. The van der Waals surface area contributed by atoms with E-state index < -0.39 is 9.85 Å². The first-order chi connectivity index (χ1) is 16.7. The largest absolute Gasteiger partial charge is 0.351 e. The van der Waals surface area contributed by atoms with E-state index in [1.807, 2.05) is 6.92 Å². The highest BCUT2D eigenvalue weighted by Crippen LogP contribution is 2.46. The molecule has 1 fully saturated rings. The number of benzene rings is 2. The average molecular weight is 497 g/mol. The Labute approximate surface area is 209 Å². The lowest BCUT2D eigenvalue weighted by Crippen LogP contribution is -2.50. The fourth-order valence-electron chi connectivity index (χ4n) is 5.66. The summed E-state index contributed by atoms with van der Waals surface area (Å²) in [6, 6.07) is 8.68. The van der Waals surface area contributed by atoms with Gasteiger partial charge in [-0.25, -0.2) is 0 Å². The van der Waals surface area contributed by atoms with Crippen LogP contribution in [0.1, 0.15) is 71.9 Å². The van der Waals surface area contributed by atoms with Crippen molar-refractivity contribution in [3.8, 4) is 0 Å². The summed E-state index contributed by atoms with van der Waals surface area (Å²) in [6.07, 6.45) is 2.13. The molecule has 0 spiro atoms. The van der Waals surface area contributed by atoms with Gasteiger partial charge in [0.05, 0.1) is 9.85 Å². The van der Waals surface area contributed by atoms with Crippen LogP contribution in [0.5, 0.6) is 0 Å². The Balaban J connectivity index is 1.74. The van der Waals surface area contributed by atoms with Gasteiger partial charge in [0.1, 0.15) is 0 Å². The molecule has 2 amide bonds. The number of hydrogen-bond acceptors (Lipinski definition) is 6. The Bertz CT molecular complexity index is 1220. The van der Waals surface area contributed by atoms with Crippen LogP contribution in [0.3, 0.4) is 0 Å². The van der Waals surface area contributed by atoms with E-state index >= 15 is 0 Å². The minimum atomic E-state index is -0.507. The standard InChI is InChI=1S/C26H32N4O6/c1-16-19(8-6-10-21(16)29(33)34)23(31)27-15-26(5)13-18(12-25(3,4)14-26)28-24(32)20-9-7-11-22(17(20)2)30(35)36/h6-11,18H,12-15H2,1-5H3,(H,27,31)(H,28,32). The molecule has 3 rings (SSSR count). The van der Waals surface area contributed by atoms with Crippen LogP contribution in [-0.4, -0.2) is 34.2 Å². The molecule has 1 aliphatic rings. The molecule has 0 radical (unpaired) electrons. The summed E-state index contributed by atoms with van der Waals surface area (Å²) >= 11 is 0. The predicted molar refractivity (Wildman–Crippen MR) is 135 cm³/mol. The average Bonchev–Trinajstić information content (AvgIpc) is 2.76. The lowest BCUT2D eigenvalue weighted by atomic mass is 9.62. The molecular formula is C26H32N4O6. The molecule has 10 nitrogen and oxygen atoms in total. The van der Waals surface area contributed by atoms with Crippen molar-refractivity contribution in [3.63, 3.8) is 0 Å². The van der Waals surface area contributed by atoms with E-state index in [1.54, 1.807) is 26.0 Å². The summed E-state index contributed by atoms with van der Waals surface area (Å²) in [5, 5.41) is 28.5. The first-order valence-corrected chi connectivity index (χ1v) is 11.8. The summed E-state index contributed by atoms with van der Waals surface area (Å²) in [5.74, 6) is -0.744. The topological polar surface area (TPSA) is 144 Å². The number of nitro benzene ring substituents is 2. The third kappa shape index (κ3) is 5.87. The van der Waals surface area contributed by atoms with E-state index in [9.17, 15) is 29.8 Å². The van der Waals surface area contributed by atoms with Gasteiger partial charge in [0, 0.05) is 47.0 Å². The summed E-state index contributed by atoms with van der Waals surface area (Å²) in [4.78, 5) is 47.4. The number of carbonyl (C=O) groups is 2. The molecule has 1 aliphatic carbocycles. The predicted octanol–water partition coefficient (Wildman–Crippen LogP) is 4.86. The zero-order valence-corrected chi connectivity index (χ0v) is 21.2. The van der Waals surface area contributed by atoms with Crippen molar-refractivity contribution < 1.29 is 19.4 Å². The summed E-state index contributed by atoms with van der Waals surface area (Å²) in [6.45, 7) is 9.71. The Kier molecular flexibility index (Phi) is 7.47. The van der Waals surface area contributed by atoms with Crippen molar-refractivity contribution in [2.75, 3.05) is 6.54 Å². The minimum Gasteiger partial charge on any atom is -0.351 e. The van der Waals surface area contributed by atoms with Crippen LogP contribution in [0.2, 0.25) is 0 Å². The molecule has 36 heavy (non-hydrogen) atoms. The van der Waals surface area contributed by atoms with Gasteiger partial charge in [-0.15, -0.1) is 0 Å². The summed E-state index contributed by atoms with van der Waals surface area (Å²) in [7, 11) is 0. The van der Waals surface area contributed by atoms with Gasteiger partial charge in [0.25, 0.3) is 23.2 Å². The molecule has 2 N–H and O–H groups in total. The van der Waals surface area contributed by atoms with Crippen molar-refractivity contribution in [1.29, 1.82) is 0 Å². The maximum absolute atomic E-state index is 13.0. The normalized spacial score (nSPS) is 20.9. The monoisotopic (exact) mass is 496 g/mol. The molecule has 192 valence electrons. The Morgan fingerprint density at radius 3 is 1.89 bits per heavy atom. The molecule has 2 atom stereocenters. The molecule has 2 unspecified atom stereocenters. The molecule has 0 aliphatic heterocycles. The molecule has 0 saturated heterocycles. The number of rotatable bonds is 7. The summed E-state index contributed by atoms with van der Waals surface area (Å²) < 4.78 is 0. The van der Waals surface area contributed by atoms with E-state index in [0.29, 0.717) is 24.1 Å². The molecule has 0 bridgehead atoms. The van der Waals surface area contributed by atoms with Gasteiger partial charge in [-0.3, -0.25) is 29.8 Å². The first-order valence-electron chi connectivity index (χ1n) is 11.8. The molecule has 0 heterocycles. The van der Waals surface area contributed by atoms with E-state index in [1.165, 1.54) is 24.3 Å². The van der Waals surface area contributed by atoms with Gasteiger partial charge in [-0.05, 0) is 56.1 Å². The fraction of sp³-hybridized carbons (Fsp3) is 0.462. The van der Waals surface area contributed by atoms with Crippen molar-refractivity contribution in [2.45, 2.75) is 59.9 Å². The number of nitro groups is 2. The van der Waals surface area contributed by atoms with Crippen molar-refractivity contribution in [3.05, 3.63) is 78.9 Å². The van der Waals surface area contributed by atoms with E-state index in [2.05, 4.69) is 24.5 Å². The highest BCUT2D eigenvalue weighted by atomic mass is 16.6. The molecular weight excluding hydrogens is 464 g/mol. The van der Waals surface area contributed by atoms with Gasteiger partial charge in [-0.1, -0.05) is 32.9 Å². The molecule has 10 heteroatoms. The van der Waals surface area contributed by atoms with Crippen LogP contribution in [0, 0.1) is 44.9 Å². The van der Waals surface area contributed by atoms with Gasteiger partial charge >= 0.3 is 0 Å². The van der Waals surface area contributed by atoms with Gasteiger partial charge in [0.2, 0.25) is 0 Å². The van der Waals surface area contributed by atoms with Crippen LogP contribution >= 0.6 is 0 Å².